The molecule has 78 heavy (non-hydrogen) atoms. The molecule has 0 saturated heterocycles. The normalized spacial score (nSPS) is 11.9. The topological polar surface area (TPSA) is 287 Å². The van der Waals surface area contributed by atoms with Crippen LogP contribution in [0.3, 0.4) is 0 Å². The van der Waals surface area contributed by atoms with Crippen molar-refractivity contribution in [3.8, 4) is 34.2 Å². The van der Waals surface area contributed by atoms with Gasteiger partial charge in [0.25, 0.3) is 0 Å². The molecule has 0 radical (unpaired) electrons. The lowest BCUT2D eigenvalue weighted by molar-refractivity contribution is 0.544. The maximum atomic E-state index is 13.8. The van der Waals surface area contributed by atoms with Crippen LogP contribution in [0.1, 0.15) is 22.3 Å². The van der Waals surface area contributed by atoms with Crippen LogP contribution in [-0.4, -0.2) is 85.7 Å². The van der Waals surface area contributed by atoms with Gasteiger partial charge in [0.1, 0.15) is 28.2 Å². The van der Waals surface area contributed by atoms with Gasteiger partial charge in [0.15, 0.2) is 36.6 Å². The minimum absolute atomic E-state index is 0.0319. The highest BCUT2D eigenvalue weighted by Crippen LogP contribution is 2.31. The smallest absolute Gasteiger partial charge is 0.242 e. The molecule has 0 amide bonds. The standard InChI is InChI=1S/C18H16N4O2S.C17H13F2N5O2S.C17H12F2N4O2S/c1-12-4-6-13(7-5-12)11-25(23,24)14-9-16(20-10-14)17-15-3-2-8-19-18(15)22-21-17;18-13-4-1-5-14(19)12(13)9-22-27(25,26)10-7-15(21-8-10)16-11-3-2-6-20-17(11)24-23-16;18-13-4-1-5-14(19)12(13)9-26(24,25)10-7-15(21-8-10)16-11-3-2-6-20-17(11)23-22-16/h2-10,20H,11H2,1H3,(H,19,21,22);1-8,21-22H,9H2,(H,20,23,24);1-8,21H,9H2,(H,20,22,23). The molecule has 12 aromatic rings. The minimum Gasteiger partial charge on any atom is -0.359 e. The first-order chi connectivity index (χ1) is 37.4. The Morgan fingerprint density at radius 3 is 1.28 bits per heavy atom. The van der Waals surface area contributed by atoms with E-state index >= 15 is 0 Å². The molecule has 9 aromatic heterocycles. The van der Waals surface area contributed by atoms with Crippen molar-refractivity contribution in [1.29, 1.82) is 0 Å². The van der Waals surface area contributed by atoms with E-state index in [1.807, 2.05) is 43.3 Å². The lowest BCUT2D eigenvalue weighted by Crippen LogP contribution is -2.24. The highest BCUT2D eigenvalue weighted by Gasteiger charge is 2.24. The molecule has 0 aliphatic rings. The number of halogens is 4. The Morgan fingerprint density at radius 2 is 0.846 bits per heavy atom. The lowest BCUT2D eigenvalue weighted by atomic mass is 10.2. The summed E-state index contributed by atoms with van der Waals surface area (Å²) in [6.07, 6.45) is 8.95. The number of hydrogen-bond acceptors (Lipinski definition) is 12. The molecule has 0 spiro atoms. The number of sulfone groups is 2. The maximum absolute atomic E-state index is 13.8. The van der Waals surface area contributed by atoms with Crippen molar-refractivity contribution in [3.63, 3.8) is 0 Å². The average molecular weight is 1120 g/mol. The first-order valence-corrected chi connectivity index (χ1v) is 28.0. The van der Waals surface area contributed by atoms with Crippen LogP contribution >= 0.6 is 0 Å². The van der Waals surface area contributed by atoms with E-state index in [1.165, 1.54) is 42.9 Å². The number of pyridine rings is 3. The number of hydrogen-bond donors (Lipinski definition) is 7. The summed E-state index contributed by atoms with van der Waals surface area (Å²) in [5, 5.41) is 23.1. The third-order valence-electron chi connectivity index (χ3n) is 12.2. The number of benzene rings is 3. The van der Waals surface area contributed by atoms with Crippen molar-refractivity contribution in [2.45, 2.75) is 39.7 Å². The molecular weight excluding hydrogens is 1070 g/mol. The quantitative estimate of drug-likeness (QED) is 0.0532. The number of fused-ring (bicyclic) bond motifs is 3. The Bertz CT molecular complexity index is 4460. The van der Waals surface area contributed by atoms with Gasteiger partial charge in [-0.1, -0.05) is 42.0 Å². The van der Waals surface area contributed by atoms with Crippen LogP contribution in [0, 0.1) is 30.2 Å². The zero-order valence-electron chi connectivity index (χ0n) is 40.4. The van der Waals surface area contributed by atoms with Gasteiger partial charge in [0, 0.05) is 71.0 Å². The molecule has 9 heterocycles. The number of aryl methyl sites for hydroxylation is 1. The molecule has 0 fully saturated rings. The van der Waals surface area contributed by atoms with Crippen LogP contribution in [0.15, 0.2) is 167 Å². The van der Waals surface area contributed by atoms with Gasteiger partial charge in [-0.05, 0) is 91.3 Å². The fraction of sp³-hybridized carbons (Fsp3) is 0.0769. The second-order valence-electron chi connectivity index (χ2n) is 17.4. The molecule has 0 aliphatic heterocycles. The van der Waals surface area contributed by atoms with Gasteiger partial charge in [0.05, 0.1) is 55.5 Å². The fourth-order valence-corrected chi connectivity index (χ4v) is 11.8. The first kappa shape index (κ1) is 52.3. The van der Waals surface area contributed by atoms with Crippen molar-refractivity contribution in [3.05, 3.63) is 198 Å². The van der Waals surface area contributed by atoms with Gasteiger partial charge in [-0.2, -0.15) is 15.3 Å². The number of H-pyrrole nitrogens is 6. The molecule has 12 rings (SSSR count). The van der Waals surface area contributed by atoms with Crippen molar-refractivity contribution < 1.29 is 42.8 Å². The number of nitrogens with zero attached hydrogens (tertiary/aromatic N) is 6. The molecular formula is C52H41F4N13O6S3. The SMILES string of the molecule is Cc1ccc(CS(=O)(=O)c2c[nH]c(-c3[nH]nc4ncccc34)c2)cc1.O=S(=O)(Cc1c(F)cccc1F)c1c[nH]c(-c2[nH]nc3ncccc23)c1.O=S(=O)(NCc1c(F)cccc1F)c1c[nH]c(-c2[nH]nc3ncccc23)c1. The molecule has 0 aliphatic carbocycles. The predicted octanol–water partition coefficient (Wildman–Crippen LogP) is 9.15. The second kappa shape index (κ2) is 21.5. The Labute approximate surface area is 440 Å². The van der Waals surface area contributed by atoms with Gasteiger partial charge >= 0.3 is 0 Å². The Kier molecular flexibility index (Phi) is 14.4. The highest BCUT2D eigenvalue weighted by molar-refractivity contribution is 7.91. The molecule has 26 heteroatoms. The zero-order chi connectivity index (χ0) is 54.8. The molecule has 19 nitrogen and oxygen atoms in total. The van der Waals surface area contributed by atoms with Crippen molar-refractivity contribution in [2.24, 2.45) is 0 Å². The number of nitrogens with one attached hydrogen (secondary N) is 7. The maximum Gasteiger partial charge on any atom is 0.242 e. The van der Waals surface area contributed by atoms with Crippen LogP contribution in [-0.2, 0) is 47.7 Å². The number of aromatic nitrogens is 12. The van der Waals surface area contributed by atoms with E-state index < -0.39 is 70.8 Å². The third-order valence-corrected chi connectivity index (χ3v) is 16.8. The summed E-state index contributed by atoms with van der Waals surface area (Å²) in [5.74, 6) is -4.22. The van der Waals surface area contributed by atoms with Crippen LogP contribution in [0.2, 0.25) is 0 Å². The monoisotopic (exact) mass is 1120 g/mol. The van der Waals surface area contributed by atoms with E-state index in [0.29, 0.717) is 45.4 Å². The highest BCUT2D eigenvalue weighted by atomic mass is 32.2. The fourth-order valence-electron chi connectivity index (χ4n) is 8.12. The largest absolute Gasteiger partial charge is 0.359 e. The van der Waals surface area contributed by atoms with Crippen LogP contribution < -0.4 is 4.72 Å². The average Bonchev–Trinajstić information content (AvgIpc) is 4.36. The van der Waals surface area contributed by atoms with E-state index in [1.54, 1.807) is 48.9 Å². The van der Waals surface area contributed by atoms with E-state index in [9.17, 15) is 42.8 Å². The Hall–Kier alpha value is -9.11. The van der Waals surface area contributed by atoms with Gasteiger partial charge in [-0.15, -0.1) is 0 Å². The first-order valence-electron chi connectivity index (χ1n) is 23.2. The molecule has 7 N–H and O–H groups in total. The zero-order valence-corrected chi connectivity index (χ0v) is 42.9. The molecule has 0 unspecified atom stereocenters. The van der Waals surface area contributed by atoms with E-state index in [2.05, 4.69) is 65.2 Å². The Balaban J connectivity index is 0.000000132. The summed E-state index contributed by atoms with van der Waals surface area (Å²) >= 11 is 0. The summed E-state index contributed by atoms with van der Waals surface area (Å²) in [4.78, 5) is 21.2. The molecule has 0 atom stereocenters. The van der Waals surface area contributed by atoms with Gasteiger partial charge in [-0.25, -0.2) is 62.5 Å². The summed E-state index contributed by atoms with van der Waals surface area (Å²) in [6.45, 7) is 1.47. The van der Waals surface area contributed by atoms with Gasteiger partial charge in [0.2, 0.25) is 10.0 Å². The number of aromatic amines is 6. The van der Waals surface area contributed by atoms with Crippen molar-refractivity contribution >= 4 is 62.8 Å². The molecule has 0 bridgehead atoms. The minimum atomic E-state index is -3.98. The van der Waals surface area contributed by atoms with Crippen LogP contribution in [0.5, 0.6) is 0 Å². The summed E-state index contributed by atoms with van der Waals surface area (Å²) < 4.78 is 132. The van der Waals surface area contributed by atoms with E-state index in [4.69, 9.17) is 0 Å². The Morgan fingerprint density at radius 1 is 0.462 bits per heavy atom. The van der Waals surface area contributed by atoms with E-state index in [0.717, 1.165) is 57.2 Å². The second-order valence-corrected chi connectivity index (χ2v) is 23.1. The molecule has 3 aromatic carbocycles. The summed E-state index contributed by atoms with van der Waals surface area (Å²) in [6, 6.07) is 29.3. The number of sulfonamides is 1. The lowest BCUT2D eigenvalue weighted by Gasteiger charge is -2.07. The molecule has 0 saturated carbocycles. The van der Waals surface area contributed by atoms with Gasteiger partial charge in [-0.3, -0.25) is 15.3 Å². The van der Waals surface area contributed by atoms with Crippen LogP contribution in [0.25, 0.3) is 67.3 Å². The predicted molar refractivity (Wildman–Crippen MR) is 281 cm³/mol. The summed E-state index contributed by atoms with van der Waals surface area (Å²) in [7, 11) is -11.4. The summed E-state index contributed by atoms with van der Waals surface area (Å²) in [5.41, 5.74) is 6.15. The molecule has 396 valence electrons. The number of rotatable bonds is 13. The van der Waals surface area contributed by atoms with E-state index in [-0.39, 0.29) is 26.0 Å². The van der Waals surface area contributed by atoms with Gasteiger partial charge < -0.3 is 15.0 Å². The van der Waals surface area contributed by atoms with Crippen LogP contribution in [0.4, 0.5) is 17.6 Å². The van der Waals surface area contributed by atoms with Crippen molar-refractivity contribution in [1.82, 2.24) is 65.2 Å². The third kappa shape index (κ3) is 11.1. The van der Waals surface area contributed by atoms with Crippen molar-refractivity contribution in [2.75, 3.05) is 0 Å².